The van der Waals surface area contributed by atoms with Gasteiger partial charge in [-0.15, -0.1) is 0 Å². The van der Waals surface area contributed by atoms with Crippen LogP contribution in [-0.4, -0.2) is 27.4 Å². The number of piperidine rings is 1. The normalized spacial score (nSPS) is 30.4. The largest absolute Gasteiger partial charge is 0.458 e. The molecular weight excluding hydrogens is 350 g/mol. The van der Waals surface area contributed by atoms with E-state index >= 15 is 0 Å². The molecule has 0 spiro atoms. The fraction of sp³-hybridized carbons (Fsp3) is 0.917. The first kappa shape index (κ1) is 15.4. The molecule has 0 bridgehead atoms. The van der Waals surface area contributed by atoms with Gasteiger partial charge in [-0.2, -0.15) is 0 Å². The molecule has 0 aliphatic carbocycles. The van der Waals surface area contributed by atoms with Crippen molar-refractivity contribution < 1.29 is 14.8 Å². The van der Waals surface area contributed by atoms with Gasteiger partial charge in [-0.1, -0.05) is 31.9 Å². The Morgan fingerprint density at radius 1 is 1.29 bits per heavy atom. The SMILES string of the molecule is CC1CC(C(C)(C)OC(=O)C(Br)Br)CC(C)[NH2+]1. The average molecular weight is 372 g/mol. The van der Waals surface area contributed by atoms with E-state index in [1.54, 1.807) is 0 Å². The van der Waals surface area contributed by atoms with E-state index in [4.69, 9.17) is 4.74 Å². The Morgan fingerprint density at radius 2 is 1.76 bits per heavy atom. The van der Waals surface area contributed by atoms with Gasteiger partial charge in [0.05, 0.1) is 12.1 Å². The maximum atomic E-state index is 11.6. The zero-order valence-corrected chi connectivity index (χ0v) is 14.0. The van der Waals surface area contributed by atoms with Gasteiger partial charge in [0.15, 0.2) is 3.74 Å². The Labute approximate surface area is 120 Å². The van der Waals surface area contributed by atoms with Crippen LogP contribution in [0.15, 0.2) is 0 Å². The maximum Gasteiger partial charge on any atom is 0.331 e. The average Bonchev–Trinajstić information content (AvgIpc) is 2.15. The standard InChI is InChI=1S/C12H21Br2NO2/c1-7-5-9(6-8(2)15-7)12(3,4)17-11(16)10(13)14/h7-10,15H,5-6H2,1-4H3/p+1. The van der Waals surface area contributed by atoms with Crippen molar-refractivity contribution in [3.05, 3.63) is 0 Å². The second-order valence-electron chi connectivity index (χ2n) is 5.64. The fourth-order valence-corrected chi connectivity index (χ4v) is 2.85. The summed E-state index contributed by atoms with van der Waals surface area (Å²) < 4.78 is 5.17. The molecular formula is C12H22Br2NO2+. The lowest BCUT2D eigenvalue weighted by Crippen LogP contribution is -2.96. The molecule has 17 heavy (non-hydrogen) atoms. The van der Waals surface area contributed by atoms with Crippen molar-refractivity contribution in [1.82, 2.24) is 0 Å². The Hall–Kier alpha value is 0.390. The number of carbonyl (C=O) groups excluding carboxylic acids is 1. The molecule has 100 valence electrons. The van der Waals surface area contributed by atoms with Gasteiger partial charge in [0.25, 0.3) is 0 Å². The minimum Gasteiger partial charge on any atom is -0.458 e. The number of alkyl halides is 2. The molecule has 1 heterocycles. The minimum absolute atomic E-state index is 0.246. The molecule has 2 unspecified atom stereocenters. The van der Waals surface area contributed by atoms with E-state index in [9.17, 15) is 4.79 Å². The number of carbonyl (C=O) groups is 1. The van der Waals surface area contributed by atoms with Crippen LogP contribution < -0.4 is 5.32 Å². The van der Waals surface area contributed by atoms with E-state index in [-0.39, 0.29) is 5.97 Å². The van der Waals surface area contributed by atoms with Crippen molar-refractivity contribution in [2.24, 2.45) is 5.92 Å². The van der Waals surface area contributed by atoms with Crippen LogP contribution in [0.1, 0.15) is 40.5 Å². The molecule has 2 atom stereocenters. The third-order valence-corrected chi connectivity index (χ3v) is 4.24. The zero-order valence-electron chi connectivity index (χ0n) is 10.9. The molecule has 5 heteroatoms. The van der Waals surface area contributed by atoms with Crippen molar-refractivity contribution in [1.29, 1.82) is 0 Å². The first-order valence-electron chi connectivity index (χ1n) is 6.08. The topological polar surface area (TPSA) is 42.9 Å². The van der Waals surface area contributed by atoms with Crippen molar-refractivity contribution in [2.45, 2.75) is 62.0 Å². The summed E-state index contributed by atoms with van der Waals surface area (Å²) in [5.74, 6) is 0.185. The van der Waals surface area contributed by atoms with Crippen molar-refractivity contribution in [3.63, 3.8) is 0 Å². The summed E-state index contributed by atoms with van der Waals surface area (Å²) >= 11 is 6.35. The van der Waals surface area contributed by atoms with Gasteiger partial charge >= 0.3 is 5.97 Å². The summed E-state index contributed by atoms with van der Waals surface area (Å²) in [7, 11) is 0. The maximum absolute atomic E-state index is 11.6. The number of nitrogens with two attached hydrogens (primary N) is 1. The highest BCUT2D eigenvalue weighted by Gasteiger charge is 2.40. The minimum atomic E-state index is -0.417. The second-order valence-corrected chi connectivity index (χ2v) is 8.70. The van der Waals surface area contributed by atoms with Crippen LogP contribution in [0.3, 0.4) is 0 Å². The number of rotatable bonds is 3. The molecule has 0 radical (unpaired) electrons. The molecule has 1 rings (SSSR count). The van der Waals surface area contributed by atoms with Crippen molar-refractivity contribution in [3.8, 4) is 0 Å². The Balaban J connectivity index is 2.65. The van der Waals surface area contributed by atoms with Crippen LogP contribution in [0.2, 0.25) is 0 Å². The quantitative estimate of drug-likeness (QED) is 0.610. The van der Waals surface area contributed by atoms with Gasteiger partial charge < -0.3 is 10.1 Å². The molecule has 0 aromatic heterocycles. The smallest absolute Gasteiger partial charge is 0.331 e. The molecule has 3 nitrogen and oxygen atoms in total. The Morgan fingerprint density at radius 3 is 2.18 bits per heavy atom. The van der Waals surface area contributed by atoms with E-state index in [1.807, 2.05) is 13.8 Å². The monoisotopic (exact) mass is 370 g/mol. The van der Waals surface area contributed by atoms with Gasteiger partial charge in [-0.3, -0.25) is 0 Å². The lowest BCUT2D eigenvalue weighted by atomic mass is 9.78. The molecule has 2 N–H and O–H groups in total. The predicted molar refractivity (Wildman–Crippen MR) is 75.4 cm³/mol. The number of esters is 1. The number of halogens is 2. The summed E-state index contributed by atoms with van der Waals surface area (Å²) in [6, 6.07) is 1.20. The highest BCUT2D eigenvalue weighted by molar-refractivity contribution is 9.25. The van der Waals surface area contributed by atoms with Gasteiger partial charge in [0.2, 0.25) is 0 Å². The lowest BCUT2D eigenvalue weighted by Gasteiger charge is -2.39. The van der Waals surface area contributed by atoms with E-state index in [2.05, 4.69) is 51.0 Å². The van der Waals surface area contributed by atoms with Gasteiger partial charge in [0, 0.05) is 18.8 Å². The van der Waals surface area contributed by atoms with Gasteiger partial charge in [-0.25, -0.2) is 4.79 Å². The molecule has 0 aromatic rings. The zero-order chi connectivity index (χ0) is 13.2. The fourth-order valence-electron chi connectivity index (χ4n) is 2.67. The van der Waals surface area contributed by atoms with Crippen molar-refractivity contribution in [2.75, 3.05) is 0 Å². The summed E-state index contributed by atoms with van der Waals surface area (Å²) in [5, 5.41) is 2.40. The molecule has 1 fully saturated rings. The molecule has 0 amide bonds. The van der Waals surface area contributed by atoms with Crippen LogP contribution in [0.4, 0.5) is 0 Å². The van der Waals surface area contributed by atoms with Crippen LogP contribution in [-0.2, 0) is 9.53 Å². The van der Waals surface area contributed by atoms with E-state index in [0.29, 0.717) is 18.0 Å². The molecule has 1 aliphatic rings. The number of quaternary nitrogens is 1. The molecule has 0 saturated carbocycles. The summed E-state index contributed by atoms with van der Waals surface area (Å²) in [5.41, 5.74) is -0.395. The van der Waals surface area contributed by atoms with E-state index in [0.717, 1.165) is 12.8 Å². The van der Waals surface area contributed by atoms with Crippen LogP contribution in [0.5, 0.6) is 0 Å². The Bertz CT molecular complexity index is 272. The van der Waals surface area contributed by atoms with Gasteiger partial charge in [0.1, 0.15) is 5.60 Å². The molecule has 0 aromatic carbocycles. The van der Waals surface area contributed by atoms with Crippen LogP contribution in [0, 0.1) is 5.92 Å². The van der Waals surface area contributed by atoms with E-state index in [1.165, 1.54) is 0 Å². The Kier molecular flexibility index (Phi) is 5.47. The summed E-state index contributed by atoms with van der Waals surface area (Å²) in [6.07, 6.45) is 2.19. The highest BCUT2D eigenvalue weighted by atomic mass is 79.9. The van der Waals surface area contributed by atoms with E-state index < -0.39 is 9.34 Å². The third-order valence-electron chi connectivity index (χ3n) is 3.49. The van der Waals surface area contributed by atoms with Crippen LogP contribution >= 0.6 is 31.9 Å². The summed E-state index contributed by atoms with van der Waals surface area (Å²) in [6.45, 7) is 8.50. The second kappa shape index (κ2) is 6.02. The molecule has 1 saturated heterocycles. The van der Waals surface area contributed by atoms with Crippen LogP contribution in [0.25, 0.3) is 0 Å². The first-order chi connectivity index (χ1) is 7.72. The highest BCUT2D eigenvalue weighted by Crippen LogP contribution is 2.32. The summed E-state index contributed by atoms with van der Waals surface area (Å²) in [4.78, 5) is 11.6. The molecule has 1 aliphatic heterocycles. The number of hydrogen-bond donors (Lipinski definition) is 1. The number of hydrogen-bond acceptors (Lipinski definition) is 2. The first-order valence-corrected chi connectivity index (χ1v) is 7.91. The predicted octanol–water partition coefficient (Wildman–Crippen LogP) is 2.17. The van der Waals surface area contributed by atoms with Crippen molar-refractivity contribution >= 4 is 37.8 Å². The number of ether oxygens (including phenoxy) is 1. The lowest BCUT2D eigenvalue weighted by molar-refractivity contribution is -0.727. The third kappa shape index (κ3) is 4.52. The van der Waals surface area contributed by atoms with Gasteiger partial charge in [-0.05, 0) is 27.7 Å².